The van der Waals surface area contributed by atoms with Crippen LogP contribution in [0.5, 0.6) is 0 Å². The molecule has 96 valence electrons. The van der Waals surface area contributed by atoms with Crippen molar-refractivity contribution in [2.75, 3.05) is 13.2 Å². The van der Waals surface area contributed by atoms with Crippen molar-refractivity contribution in [1.82, 2.24) is 10.2 Å². The summed E-state index contributed by atoms with van der Waals surface area (Å²) in [4.78, 5) is 13.6. The summed E-state index contributed by atoms with van der Waals surface area (Å²) in [6, 6.07) is 11.1. The zero-order valence-corrected chi connectivity index (χ0v) is 10.3. The maximum absolute atomic E-state index is 11.1. The number of carbonyl (C=O) groups is 1. The third kappa shape index (κ3) is 2.34. The van der Waals surface area contributed by atoms with E-state index in [9.17, 15) is 4.79 Å². The molecular weight excluding hydrogens is 228 g/mol. The number of benzene rings is 1. The summed E-state index contributed by atoms with van der Waals surface area (Å²) in [5.74, 6) is 0. The maximum Gasteiger partial charge on any atom is 0.407 e. The molecule has 2 atom stereocenters. The Balaban J connectivity index is 1.66. The van der Waals surface area contributed by atoms with Crippen LogP contribution in [0.2, 0.25) is 0 Å². The topological polar surface area (TPSA) is 41.6 Å². The SMILES string of the molecule is O=C1NC(C2CCCN2Cc2ccccc2)CO1. The van der Waals surface area contributed by atoms with E-state index in [1.54, 1.807) is 0 Å². The molecule has 2 fully saturated rings. The predicted octanol–water partition coefficient (Wildman–Crippen LogP) is 1.76. The Morgan fingerprint density at radius 3 is 2.89 bits per heavy atom. The molecule has 1 aromatic rings. The van der Waals surface area contributed by atoms with Gasteiger partial charge in [0, 0.05) is 12.6 Å². The van der Waals surface area contributed by atoms with Gasteiger partial charge >= 0.3 is 6.09 Å². The van der Waals surface area contributed by atoms with Crippen molar-refractivity contribution in [3.8, 4) is 0 Å². The lowest BCUT2D eigenvalue weighted by molar-refractivity contribution is 0.167. The van der Waals surface area contributed by atoms with Crippen molar-refractivity contribution < 1.29 is 9.53 Å². The highest BCUT2D eigenvalue weighted by Crippen LogP contribution is 2.24. The highest BCUT2D eigenvalue weighted by atomic mass is 16.6. The van der Waals surface area contributed by atoms with E-state index in [4.69, 9.17) is 4.74 Å². The van der Waals surface area contributed by atoms with Gasteiger partial charge in [0.15, 0.2) is 0 Å². The second-order valence-corrected chi connectivity index (χ2v) is 5.01. The van der Waals surface area contributed by atoms with Crippen LogP contribution in [0.25, 0.3) is 0 Å². The molecule has 0 bridgehead atoms. The smallest absolute Gasteiger partial charge is 0.407 e. The molecule has 2 unspecified atom stereocenters. The second kappa shape index (κ2) is 4.98. The van der Waals surface area contributed by atoms with E-state index in [2.05, 4.69) is 34.5 Å². The van der Waals surface area contributed by atoms with E-state index in [-0.39, 0.29) is 12.1 Å². The van der Waals surface area contributed by atoms with E-state index >= 15 is 0 Å². The lowest BCUT2D eigenvalue weighted by Crippen LogP contribution is -2.45. The van der Waals surface area contributed by atoms with Gasteiger partial charge in [-0.1, -0.05) is 30.3 Å². The third-order valence-corrected chi connectivity index (χ3v) is 3.80. The molecule has 4 nitrogen and oxygen atoms in total. The summed E-state index contributed by atoms with van der Waals surface area (Å²) < 4.78 is 5.00. The van der Waals surface area contributed by atoms with Crippen LogP contribution in [-0.2, 0) is 11.3 Å². The van der Waals surface area contributed by atoms with Gasteiger partial charge in [-0.05, 0) is 24.9 Å². The molecule has 2 heterocycles. The summed E-state index contributed by atoms with van der Waals surface area (Å²) in [6.07, 6.45) is 2.07. The van der Waals surface area contributed by atoms with Crippen LogP contribution >= 0.6 is 0 Å². The van der Waals surface area contributed by atoms with E-state index in [0.717, 1.165) is 19.5 Å². The molecule has 2 aliphatic heterocycles. The number of likely N-dealkylation sites (tertiary alicyclic amines) is 1. The van der Waals surface area contributed by atoms with Crippen molar-refractivity contribution in [3.63, 3.8) is 0 Å². The van der Waals surface area contributed by atoms with Crippen LogP contribution in [-0.4, -0.2) is 36.2 Å². The number of nitrogens with one attached hydrogen (secondary N) is 1. The minimum Gasteiger partial charge on any atom is -0.447 e. The molecule has 0 aliphatic carbocycles. The minimum atomic E-state index is -0.272. The zero-order chi connectivity index (χ0) is 12.4. The summed E-state index contributed by atoms with van der Waals surface area (Å²) in [5, 5.41) is 2.91. The fourth-order valence-electron chi connectivity index (χ4n) is 2.93. The normalized spacial score (nSPS) is 28.1. The summed E-state index contributed by atoms with van der Waals surface area (Å²) in [5.41, 5.74) is 1.33. The highest BCUT2D eigenvalue weighted by Gasteiger charge is 2.36. The molecule has 0 radical (unpaired) electrons. The number of ether oxygens (including phenoxy) is 1. The Kier molecular flexibility index (Phi) is 3.19. The van der Waals surface area contributed by atoms with Gasteiger partial charge in [-0.3, -0.25) is 4.90 Å². The van der Waals surface area contributed by atoms with E-state index in [1.165, 1.54) is 12.0 Å². The van der Waals surface area contributed by atoms with Crippen LogP contribution in [0.15, 0.2) is 30.3 Å². The number of alkyl carbamates (subject to hydrolysis) is 1. The summed E-state index contributed by atoms with van der Waals surface area (Å²) >= 11 is 0. The first kappa shape index (κ1) is 11.5. The molecule has 0 spiro atoms. The number of hydrogen-bond acceptors (Lipinski definition) is 3. The first-order chi connectivity index (χ1) is 8.83. The molecule has 1 amide bonds. The monoisotopic (exact) mass is 246 g/mol. The van der Waals surface area contributed by atoms with Crippen molar-refractivity contribution in [2.45, 2.75) is 31.5 Å². The van der Waals surface area contributed by atoms with Crippen molar-refractivity contribution in [1.29, 1.82) is 0 Å². The van der Waals surface area contributed by atoms with Gasteiger partial charge in [0.1, 0.15) is 6.61 Å². The number of cyclic esters (lactones) is 1. The number of nitrogens with zero attached hydrogens (tertiary/aromatic N) is 1. The van der Waals surface area contributed by atoms with Crippen molar-refractivity contribution in [3.05, 3.63) is 35.9 Å². The predicted molar refractivity (Wildman–Crippen MR) is 68.1 cm³/mol. The molecular formula is C14H18N2O2. The summed E-state index contributed by atoms with van der Waals surface area (Å²) in [6.45, 7) is 2.57. The van der Waals surface area contributed by atoms with E-state index < -0.39 is 0 Å². The minimum absolute atomic E-state index is 0.156. The molecule has 2 aliphatic rings. The largest absolute Gasteiger partial charge is 0.447 e. The molecule has 0 aromatic heterocycles. The van der Waals surface area contributed by atoms with Crippen LogP contribution < -0.4 is 5.32 Å². The highest BCUT2D eigenvalue weighted by molar-refractivity contribution is 5.69. The van der Waals surface area contributed by atoms with Crippen LogP contribution in [0.3, 0.4) is 0 Å². The average molecular weight is 246 g/mol. The first-order valence-electron chi connectivity index (χ1n) is 6.54. The average Bonchev–Trinajstić information content (AvgIpc) is 2.99. The lowest BCUT2D eigenvalue weighted by atomic mass is 10.1. The Hall–Kier alpha value is -1.55. The molecule has 1 aromatic carbocycles. The Bertz CT molecular complexity index is 421. The standard InChI is InChI=1S/C14H18N2O2/c17-14-15-12(10-18-14)13-7-4-8-16(13)9-11-5-2-1-3-6-11/h1-3,5-6,12-13H,4,7-10H2,(H,15,17). The first-order valence-corrected chi connectivity index (χ1v) is 6.54. The van der Waals surface area contributed by atoms with Crippen molar-refractivity contribution in [2.24, 2.45) is 0 Å². The van der Waals surface area contributed by atoms with Gasteiger partial charge in [0.2, 0.25) is 0 Å². The van der Waals surface area contributed by atoms with Gasteiger partial charge in [-0.25, -0.2) is 4.79 Å². The second-order valence-electron chi connectivity index (χ2n) is 5.01. The molecule has 2 saturated heterocycles. The Morgan fingerprint density at radius 1 is 1.33 bits per heavy atom. The molecule has 0 saturated carbocycles. The van der Waals surface area contributed by atoms with Gasteiger partial charge < -0.3 is 10.1 Å². The fourth-order valence-corrected chi connectivity index (χ4v) is 2.93. The summed E-state index contributed by atoms with van der Waals surface area (Å²) in [7, 11) is 0. The van der Waals surface area contributed by atoms with Crippen LogP contribution in [0.1, 0.15) is 18.4 Å². The number of carbonyl (C=O) groups excluding carboxylic acids is 1. The number of hydrogen-bond donors (Lipinski definition) is 1. The lowest BCUT2D eigenvalue weighted by Gasteiger charge is -2.27. The fraction of sp³-hybridized carbons (Fsp3) is 0.500. The Labute approximate surface area is 107 Å². The third-order valence-electron chi connectivity index (χ3n) is 3.80. The van der Waals surface area contributed by atoms with Crippen molar-refractivity contribution >= 4 is 6.09 Å². The zero-order valence-electron chi connectivity index (χ0n) is 10.3. The molecule has 18 heavy (non-hydrogen) atoms. The van der Waals surface area contributed by atoms with Gasteiger partial charge in [0.05, 0.1) is 6.04 Å². The van der Waals surface area contributed by atoms with Gasteiger partial charge in [0.25, 0.3) is 0 Å². The number of amides is 1. The Morgan fingerprint density at radius 2 is 2.17 bits per heavy atom. The van der Waals surface area contributed by atoms with Crippen LogP contribution in [0, 0.1) is 0 Å². The van der Waals surface area contributed by atoms with E-state index in [1.807, 2.05) is 6.07 Å². The van der Waals surface area contributed by atoms with Crippen LogP contribution in [0.4, 0.5) is 4.79 Å². The number of rotatable bonds is 3. The quantitative estimate of drug-likeness (QED) is 0.883. The van der Waals surface area contributed by atoms with E-state index in [0.29, 0.717) is 12.6 Å². The molecule has 4 heteroatoms. The van der Waals surface area contributed by atoms with Gasteiger partial charge in [-0.15, -0.1) is 0 Å². The molecule has 3 rings (SSSR count). The molecule has 1 N–H and O–H groups in total. The van der Waals surface area contributed by atoms with Gasteiger partial charge in [-0.2, -0.15) is 0 Å². The maximum atomic E-state index is 11.1.